The highest BCUT2D eigenvalue weighted by molar-refractivity contribution is 6.74. The number of rotatable bonds is 8. The molecule has 0 aromatic heterocycles. The van der Waals surface area contributed by atoms with Gasteiger partial charge in [0.15, 0.2) is 0 Å². The van der Waals surface area contributed by atoms with Gasteiger partial charge in [-0.3, -0.25) is 4.79 Å². The maximum absolute atomic E-state index is 11.4. The van der Waals surface area contributed by atoms with E-state index in [2.05, 4.69) is 65.2 Å². The van der Waals surface area contributed by atoms with Crippen LogP contribution in [0.3, 0.4) is 0 Å². The van der Waals surface area contributed by atoms with Crippen LogP contribution < -0.4 is 9.74 Å². The Morgan fingerprint density at radius 1 is 1.16 bits per heavy atom. The Morgan fingerprint density at radius 2 is 1.72 bits per heavy atom. The molecule has 0 bridgehead atoms. The van der Waals surface area contributed by atoms with E-state index in [0.29, 0.717) is 5.92 Å². The van der Waals surface area contributed by atoms with Gasteiger partial charge in [0.2, 0.25) is 8.32 Å². The summed E-state index contributed by atoms with van der Waals surface area (Å²) in [7, 11) is -0.417. The third kappa shape index (κ3) is 6.82. The van der Waals surface area contributed by atoms with Crippen LogP contribution in [-0.2, 0) is 9.53 Å². The Bertz CT molecular complexity index is 547. The molecule has 0 saturated heterocycles. The minimum absolute atomic E-state index is 0.126. The zero-order chi connectivity index (χ0) is 19.3. The first kappa shape index (κ1) is 21.7. The number of hydrogen-bond donors (Lipinski definition) is 1. The molecule has 0 spiro atoms. The van der Waals surface area contributed by atoms with Crippen LogP contribution in [0.2, 0.25) is 18.1 Å². The first-order chi connectivity index (χ1) is 11.5. The lowest BCUT2D eigenvalue weighted by Crippen LogP contribution is -2.43. The summed E-state index contributed by atoms with van der Waals surface area (Å²) in [5.41, 5.74) is 1.17. The van der Waals surface area contributed by atoms with Crippen LogP contribution >= 0.6 is 0 Å². The smallest absolute Gasteiger partial charge is 0.319 e. The highest BCUT2D eigenvalue weighted by Crippen LogP contribution is 2.37. The Morgan fingerprint density at radius 3 is 2.16 bits per heavy atom. The van der Waals surface area contributed by atoms with Crippen molar-refractivity contribution < 1.29 is 14.0 Å². The molecule has 0 saturated carbocycles. The van der Waals surface area contributed by atoms with Crippen molar-refractivity contribution in [2.45, 2.75) is 65.2 Å². The fourth-order valence-corrected chi connectivity index (χ4v) is 3.33. The average molecular weight is 366 g/mol. The molecular weight excluding hydrogens is 330 g/mol. The van der Waals surface area contributed by atoms with E-state index in [9.17, 15) is 4.79 Å². The molecule has 4 nitrogen and oxygen atoms in total. The molecule has 0 fully saturated rings. The van der Waals surface area contributed by atoms with Gasteiger partial charge in [0, 0.05) is 6.04 Å². The number of benzene rings is 1. The van der Waals surface area contributed by atoms with E-state index in [1.807, 2.05) is 12.1 Å². The lowest BCUT2D eigenvalue weighted by atomic mass is 9.97. The maximum atomic E-state index is 11.4. The monoisotopic (exact) mass is 365 g/mol. The SMILES string of the molecule is COC(=O)CNC(CC(C)C)c1ccc(O[Si](C)(C)C(C)(C)C)cc1. The minimum atomic E-state index is -1.83. The molecular formula is C20H35NO3Si. The van der Waals surface area contributed by atoms with Crippen LogP contribution in [-0.4, -0.2) is 27.9 Å². The Kier molecular flexibility index (Phi) is 7.69. The summed E-state index contributed by atoms with van der Waals surface area (Å²) in [6.45, 7) is 15.8. The van der Waals surface area contributed by atoms with Crippen LogP contribution in [0.15, 0.2) is 24.3 Å². The summed E-state index contributed by atoms with van der Waals surface area (Å²) in [4.78, 5) is 11.4. The highest BCUT2D eigenvalue weighted by Gasteiger charge is 2.38. The Labute approximate surface area is 154 Å². The van der Waals surface area contributed by atoms with Crippen molar-refractivity contribution >= 4 is 14.3 Å². The fraction of sp³-hybridized carbons (Fsp3) is 0.650. The number of carbonyl (C=O) groups is 1. The van der Waals surface area contributed by atoms with Gasteiger partial charge in [0.1, 0.15) is 5.75 Å². The molecule has 0 aliphatic carbocycles. The number of methoxy groups -OCH3 is 1. The molecule has 1 rings (SSSR count). The molecule has 1 unspecified atom stereocenters. The highest BCUT2D eigenvalue weighted by atomic mass is 28.4. The van der Waals surface area contributed by atoms with E-state index < -0.39 is 8.32 Å². The fourth-order valence-electron chi connectivity index (χ4n) is 2.30. The summed E-state index contributed by atoms with van der Waals surface area (Å²) in [6.07, 6.45) is 0.958. The molecule has 0 radical (unpaired) electrons. The average Bonchev–Trinajstić information content (AvgIpc) is 2.50. The van der Waals surface area contributed by atoms with Gasteiger partial charge in [-0.15, -0.1) is 0 Å². The molecule has 1 N–H and O–H groups in total. The van der Waals surface area contributed by atoms with Crippen molar-refractivity contribution in [1.29, 1.82) is 0 Å². The van der Waals surface area contributed by atoms with E-state index in [4.69, 9.17) is 9.16 Å². The number of hydrogen-bond acceptors (Lipinski definition) is 4. The van der Waals surface area contributed by atoms with Gasteiger partial charge in [-0.1, -0.05) is 46.8 Å². The van der Waals surface area contributed by atoms with E-state index in [1.54, 1.807) is 0 Å². The van der Waals surface area contributed by atoms with Gasteiger partial charge in [-0.05, 0) is 48.2 Å². The lowest BCUT2D eigenvalue weighted by molar-refractivity contribution is -0.139. The Hall–Kier alpha value is -1.33. The third-order valence-electron chi connectivity index (χ3n) is 4.89. The third-order valence-corrected chi connectivity index (χ3v) is 9.25. The quantitative estimate of drug-likeness (QED) is 0.525. The molecule has 0 amide bonds. The van der Waals surface area contributed by atoms with E-state index in [1.165, 1.54) is 12.7 Å². The Balaban J connectivity index is 2.87. The summed E-state index contributed by atoms with van der Waals surface area (Å²) in [5.74, 6) is 1.21. The molecule has 0 heterocycles. The second-order valence-electron chi connectivity index (χ2n) is 8.57. The van der Waals surface area contributed by atoms with Crippen LogP contribution in [0, 0.1) is 5.92 Å². The second-order valence-corrected chi connectivity index (χ2v) is 13.3. The normalized spacial score (nSPS) is 13.6. The first-order valence-corrected chi connectivity index (χ1v) is 12.0. The molecule has 1 aromatic rings. The van der Waals surface area contributed by atoms with Gasteiger partial charge >= 0.3 is 5.97 Å². The first-order valence-electron chi connectivity index (χ1n) is 9.05. The van der Waals surface area contributed by atoms with Crippen LogP contribution in [0.25, 0.3) is 0 Å². The van der Waals surface area contributed by atoms with Crippen molar-refractivity contribution in [3.05, 3.63) is 29.8 Å². The predicted octanol–water partition coefficient (Wildman–Crippen LogP) is 4.92. The number of esters is 1. The van der Waals surface area contributed by atoms with Gasteiger partial charge in [0.25, 0.3) is 0 Å². The number of carbonyl (C=O) groups excluding carboxylic acids is 1. The minimum Gasteiger partial charge on any atom is -0.544 e. The predicted molar refractivity (Wildman–Crippen MR) is 106 cm³/mol. The summed E-state index contributed by atoms with van der Waals surface area (Å²) in [6, 6.07) is 8.41. The van der Waals surface area contributed by atoms with Crippen molar-refractivity contribution in [3.8, 4) is 5.75 Å². The van der Waals surface area contributed by atoms with Gasteiger partial charge in [-0.25, -0.2) is 0 Å². The van der Waals surface area contributed by atoms with Crippen molar-refractivity contribution in [1.82, 2.24) is 5.32 Å². The van der Waals surface area contributed by atoms with Gasteiger partial charge in [-0.2, -0.15) is 0 Å². The van der Waals surface area contributed by atoms with Crippen LogP contribution in [0.5, 0.6) is 5.75 Å². The number of nitrogens with one attached hydrogen (secondary N) is 1. The summed E-state index contributed by atoms with van der Waals surface area (Å²) >= 11 is 0. The number of ether oxygens (including phenoxy) is 1. The summed E-state index contributed by atoms with van der Waals surface area (Å²) < 4.78 is 11.1. The zero-order valence-electron chi connectivity index (χ0n) is 17.1. The molecule has 0 aliphatic rings. The molecule has 1 atom stereocenters. The lowest BCUT2D eigenvalue weighted by Gasteiger charge is -2.36. The van der Waals surface area contributed by atoms with E-state index in [-0.39, 0.29) is 23.6 Å². The van der Waals surface area contributed by atoms with E-state index in [0.717, 1.165) is 12.2 Å². The standard InChI is InChI=1S/C20H35NO3Si/c1-15(2)13-18(21-14-19(22)23-6)16-9-11-17(12-10-16)24-25(7,8)20(3,4)5/h9-12,15,18,21H,13-14H2,1-8H3. The topological polar surface area (TPSA) is 47.6 Å². The van der Waals surface area contributed by atoms with Crippen molar-refractivity contribution in [3.63, 3.8) is 0 Å². The zero-order valence-corrected chi connectivity index (χ0v) is 18.1. The van der Waals surface area contributed by atoms with Gasteiger partial charge < -0.3 is 14.5 Å². The van der Waals surface area contributed by atoms with Crippen molar-refractivity contribution in [2.75, 3.05) is 13.7 Å². The molecule has 0 aliphatic heterocycles. The van der Waals surface area contributed by atoms with Gasteiger partial charge in [0.05, 0.1) is 13.7 Å². The second kappa shape index (κ2) is 8.85. The molecule has 142 valence electrons. The molecule has 5 heteroatoms. The molecule has 25 heavy (non-hydrogen) atoms. The summed E-state index contributed by atoms with van der Waals surface area (Å²) in [5, 5.41) is 3.48. The van der Waals surface area contributed by atoms with Crippen molar-refractivity contribution in [2.24, 2.45) is 5.92 Å². The van der Waals surface area contributed by atoms with Crippen LogP contribution in [0.4, 0.5) is 0 Å². The maximum Gasteiger partial charge on any atom is 0.319 e. The van der Waals surface area contributed by atoms with E-state index >= 15 is 0 Å². The largest absolute Gasteiger partial charge is 0.544 e. The van der Waals surface area contributed by atoms with Crippen LogP contribution in [0.1, 0.15) is 52.6 Å². The molecule has 1 aromatic carbocycles.